The molecule has 1 rings (SSSR count). The van der Waals surface area contributed by atoms with E-state index in [0.717, 1.165) is 0 Å². The highest BCUT2D eigenvalue weighted by Gasteiger charge is 2.38. The van der Waals surface area contributed by atoms with Crippen molar-refractivity contribution in [2.75, 3.05) is 0 Å². The molecule has 1 N–H and O–H groups in total. The molecule has 0 spiro atoms. The third-order valence-corrected chi connectivity index (χ3v) is 2.64. The summed E-state index contributed by atoms with van der Waals surface area (Å²) in [5, 5.41) is 9.43. The van der Waals surface area contributed by atoms with Crippen LogP contribution >= 0.6 is 15.9 Å². The van der Waals surface area contributed by atoms with Gasteiger partial charge in [0.05, 0.1) is 0 Å². The minimum atomic E-state index is -0.836. The molecule has 0 bridgehead atoms. The summed E-state index contributed by atoms with van der Waals surface area (Å²) in [7, 11) is 0. The quantitative estimate of drug-likeness (QED) is 0.745. The van der Waals surface area contributed by atoms with Crippen LogP contribution in [-0.4, -0.2) is 23.5 Å². The van der Waals surface area contributed by atoms with Gasteiger partial charge in [0.1, 0.15) is 10.6 Å². The van der Waals surface area contributed by atoms with Gasteiger partial charge in [0, 0.05) is 5.41 Å². The summed E-state index contributed by atoms with van der Waals surface area (Å²) in [6, 6.07) is 0. The molecule has 2 atom stereocenters. The summed E-state index contributed by atoms with van der Waals surface area (Å²) < 4.78 is 10.7. The van der Waals surface area contributed by atoms with Gasteiger partial charge in [-0.3, -0.25) is 0 Å². The van der Waals surface area contributed by atoms with E-state index >= 15 is 0 Å². The number of hydrogen-bond acceptors (Lipinski definition) is 4. The van der Waals surface area contributed by atoms with E-state index in [1.165, 1.54) is 6.92 Å². The standard InChI is InChI=1S/C10H15BrO4/c1-5(12)7-6(11)8(13)15-9(14-7)10(2,3)4/h5,9,12H,1-4H3. The van der Waals surface area contributed by atoms with E-state index in [9.17, 15) is 9.90 Å². The molecule has 1 aliphatic rings. The Labute approximate surface area is 97.4 Å². The van der Waals surface area contributed by atoms with Crippen LogP contribution in [0, 0.1) is 5.41 Å². The molecule has 86 valence electrons. The lowest BCUT2D eigenvalue weighted by atomic mass is 9.95. The minimum absolute atomic E-state index is 0.151. The van der Waals surface area contributed by atoms with Crippen molar-refractivity contribution in [3.63, 3.8) is 0 Å². The van der Waals surface area contributed by atoms with Crippen LogP contribution in [0.3, 0.4) is 0 Å². The van der Waals surface area contributed by atoms with Crippen LogP contribution in [0.15, 0.2) is 10.2 Å². The third-order valence-electron chi connectivity index (χ3n) is 1.93. The first kappa shape index (κ1) is 12.5. The van der Waals surface area contributed by atoms with E-state index in [1.54, 1.807) is 0 Å². The van der Waals surface area contributed by atoms with Gasteiger partial charge < -0.3 is 14.6 Å². The number of rotatable bonds is 1. The van der Waals surface area contributed by atoms with Gasteiger partial charge in [0.2, 0.25) is 6.29 Å². The fraction of sp³-hybridized carbons (Fsp3) is 0.700. The second kappa shape index (κ2) is 4.14. The summed E-state index contributed by atoms with van der Waals surface area (Å²) in [5.41, 5.74) is -0.330. The zero-order chi connectivity index (χ0) is 11.8. The van der Waals surface area contributed by atoms with Crippen LogP contribution in [-0.2, 0) is 14.3 Å². The van der Waals surface area contributed by atoms with E-state index in [0.29, 0.717) is 0 Å². The summed E-state index contributed by atoms with van der Waals surface area (Å²) in [4.78, 5) is 11.4. The average Bonchev–Trinajstić information content (AvgIpc) is 2.06. The monoisotopic (exact) mass is 278 g/mol. The summed E-state index contributed by atoms with van der Waals surface area (Å²) in [6.07, 6.45) is -1.51. The third kappa shape index (κ3) is 2.72. The number of cyclic esters (lactones) is 1. The molecule has 2 unspecified atom stereocenters. The van der Waals surface area contributed by atoms with Gasteiger partial charge in [0.15, 0.2) is 5.76 Å². The van der Waals surface area contributed by atoms with Crippen LogP contribution in [0.25, 0.3) is 0 Å². The topological polar surface area (TPSA) is 55.8 Å². The Morgan fingerprint density at radius 3 is 2.33 bits per heavy atom. The number of halogens is 1. The number of ether oxygens (including phenoxy) is 2. The Kier molecular flexibility index (Phi) is 3.45. The largest absolute Gasteiger partial charge is 0.454 e. The lowest BCUT2D eigenvalue weighted by Gasteiger charge is -2.35. The smallest absolute Gasteiger partial charge is 0.351 e. The van der Waals surface area contributed by atoms with Gasteiger partial charge in [-0.1, -0.05) is 20.8 Å². The summed E-state index contributed by atoms with van der Waals surface area (Å²) in [5.74, 6) is -0.275. The van der Waals surface area contributed by atoms with Gasteiger partial charge in [0.25, 0.3) is 0 Å². The normalized spacial score (nSPS) is 24.7. The fourth-order valence-corrected chi connectivity index (χ4v) is 1.59. The highest BCUT2D eigenvalue weighted by molar-refractivity contribution is 9.12. The molecular formula is C10H15BrO4. The van der Waals surface area contributed by atoms with Gasteiger partial charge in [-0.2, -0.15) is 0 Å². The molecule has 5 heteroatoms. The molecule has 0 radical (unpaired) electrons. The lowest BCUT2D eigenvalue weighted by molar-refractivity contribution is -0.199. The molecule has 0 aliphatic carbocycles. The van der Waals surface area contributed by atoms with Crippen molar-refractivity contribution in [3.05, 3.63) is 10.2 Å². The second-order valence-corrected chi connectivity index (χ2v) is 5.37. The molecule has 0 aromatic rings. The second-order valence-electron chi connectivity index (χ2n) is 4.58. The zero-order valence-electron chi connectivity index (χ0n) is 9.20. The minimum Gasteiger partial charge on any atom is -0.454 e. The lowest BCUT2D eigenvalue weighted by Crippen LogP contribution is -2.39. The van der Waals surface area contributed by atoms with Crippen molar-refractivity contribution < 1.29 is 19.4 Å². The average molecular weight is 279 g/mol. The number of aliphatic hydroxyl groups is 1. The molecule has 0 amide bonds. The Morgan fingerprint density at radius 1 is 1.40 bits per heavy atom. The number of carbonyl (C=O) groups is 1. The van der Waals surface area contributed by atoms with Crippen LogP contribution in [0.1, 0.15) is 27.7 Å². The molecule has 0 aromatic heterocycles. The molecule has 1 aliphatic heterocycles. The van der Waals surface area contributed by atoms with Gasteiger partial charge in [-0.05, 0) is 22.9 Å². The maximum atomic E-state index is 11.4. The molecule has 15 heavy (non-hydrogen) atoms. The Morgan fingerprint density at radius 2 is 1.93 bits per heavy atom. The zero-order valence-corrected chi connectivity index (χ0v) is 10.8. The molecule has 0 saturated carbocycles. The van der Waals surface area contributed by atoms with E-state index in [-0.39, 0.29) is 15.7 Å². The molecule has 0 aromatic carbocycles. The fourth-order valence-electron chi connectivity index (χ4n) is 1.08. The van der Waals surface area contributed by atoms with Crippen molar-refractivity contribution in [2.24, 2.45) is 5.41 Å². The van der Waals surface area contributed by atoms with Gasteiger partial charge in [-0.25, -0.2) is 4.79 Å². The van der Waals surface area contributed by atoms with E-state index < -0.39 is 18.4 Å². The van der Waals surface area contributed by atoms with Crippen molar-refractivity contribution in [1.82, 2.24) is 0 Å². The number of carbonyl (C=O) groups excluding carboxylic acids is 1. The molecule has 0 fully saturated rings. The first-order chi connectivity index (χ1) is 6.73. The Hall–Kier alpha value is -0.550. The Bertz CT molecular complexity index is 301. The van der Waals surface area contributed by atoms with Gasteiger partial charge in [-0.15, -0.1) is 0 Å². The number of hydrogen-bond donors (Lipinski definition) is 1. The van der Waals surface area contributed by atoms with Crippen LogP contribution < -0.4 is 0 Å². The molecule has 1 heterocycles. The predicted molar refractivity (Wildman–Crippen MR) is 58.1 cm³/mol. The highest BCUT2D eigenvalue weighted by atomic mass is 79.9. The van der Waals surface area contributed by atoms with Crippen molar-refractivity contribution in [2.45, 2.75) is 40.1 Å². The van der Waals surface area contributed by atoms with Gasteiger partial charge >= 0.3 is 5.97 Å². The maximum absolute atomic E-state index is 11.4. The van der Waals surface area contributed by atoms with Crippen LogP contribution in [0.5, 0.6) is 0 Å². The maximum Gasteiger partial charge on any atom is 0.351 e. The van der Waals surface area contributed by atoms with E-state index in [1.807, 2.05) is 20.8 Å². The number of esters is 1. The SMILES string of the molecule is CC(O)C1=C(Br)C(=O)OC(C(C)(C)C)O1. The van der Waals surface area contributed by atoms with Crippen molar-refractivity contribution in [1.29, 1.82) is 0 Å². The first-order valence-corrected chi connectivity index (χ1v) is 5.48. The summed E-state index contributed by atoms with van der Waals surface area (Å²) >= 11 is 3.03. The molecule has 0 saturated heterocycles. The molecule has 4 nitrogen and oxygen atoms in total. The van der Waals surface area contributed by atoms with Crippen molar-refractivity contribution in [3.8, 4) is 0 Å². The summed E-state index contributed by atoms with van der Waals surface area (Å²) in [6.45, 7) is 7.21. The number of aliphatic hydroxyl groups excluding tert-OH is 1. The molecular weight excluding hydrogens is 264 g/mol. The van der Waals surface area contributed by atoms with Crippen molar-refractivity contribution >= 4 is 21.9 Å². The van der Waals surface area contributed by atoms with Crippen LogP contribution in [0.4, 0.5) is 0 Å². The van der Waals surface area contributed by atoms with Crippen LogP contribution in [0.2, 0.25) is 0 Å². The van der Waals surface area contributed by atoms with E-state index in [4.69, 9.17) is 9.47 Å². The van der Waals surface area contributed by atoms with E-state index in [2.05, 4.69) is 15.9 Å². The predicted octanol–water partition coefficient (Wildman–Crippen LogP) is 1.92. The Balaban J connectivity index is 2.98. The highest BCUT2D eigenvalue weighted by Crippen LogP contribution is 2.33. The first-order valence-electron chi connectivity index (χ1n) is 4.69.